The topological polar surface area (TPSA) is 122 Å². The summed E-state index contributed by atoms with van der Waals surface area (Å²) in [6.45, 7) is -0.631. The highest BCUT2D eigenvalue weighted by Crippen LogP contribution is 2.23. The summed E-state index contributed by atoms with van der Waals surface area (Å²) in [5.41, 5.74) is 2.22. The molecule has 2 rings (SSSR count). The van der Waals surface area contributed by atoms with E-state index in [1.54, 1.807) is 18.2 Å². The van der Waals surface area contributed by atoms with Gasteiger partial charge in [0.25, 0.3) is 11.6 Å². The molecule has 2 aromatic carbocycles. The fourth-order valence-corrected chi connectivity index (χ4v) is 3.47. The third kappa shape index (κ3) is 5.65. The number of carbonyl (C=O) groups is 1. The number of halogens is 2. The number of anilines is 1. The number of carbonyl (C=O) groups excluding carboxylic acids is 1. The Balaban J connectivity index is 2.17. The third-order valence-electron chi connectivity index (χ3n) is 3.40. The molecule has 148 valence electrons. The minimum atomic E-state index is -3.89. The van der Waals surface area contributed by atoms with Crippen molar-refractivity contribution < 1.29 is 18.1 Å². The Bertz CT molecular complexity index is 1020. The first-order chi connectivity index (χ1) is 13.1. The zero-order valence-electron chi connectivity index (χ0n) is 14.4. The molecule has 12 heteroatoms. The molecule has 0 atom stereocenters. The van der Waals surface area contributed by atoms with Crippen LogP contribution in [0.3, 0.4) is 0 Å². The second kappa shape index (κ2) is 9.00. The van der Waals surface area contributed by atoms with Crippen molar-refractivity contribution in [1.82, 2.24) is 5.43 Å². The van der Waals surface area contributed by atoms with Crippen LogP contribution in [0.4, 0.5) is 11.4 Å². The Morgan fingerprint density at radius 2 is 1.86 bits per heavy atom. The van der Waals surface area contributed by atoms with Crippen LogP contribution in [0.25, 0.3) is 0 Å². The minimum Gasteiger partial charge on any atom is -0.271 e. The van der Waals surface area contributed by atoms with Crippen molar-refractivity contribution in [3.05, 3.63) is 68.2 Å². The van der Waals surface area contributed by atoms with E-state index in [0.29, 0.717) is 15.6 Å². The maximum atomic E-state index is 12.1. The van der Waals surface area contributed by atoms with Gasteiger partial charge >= 0.3 is 0 Å². The van der Waals surface area contributed by atoms with Crippen LogP contribution in [0.15, 0.2) is 47.6 Å². The summed E-state index contributed by atoms with van der Waals surface area (Å²) in [4.78, 5) is 22.4. The van der Waals surface area contributed by atoms with Crippen molar-refractivity contribution in [3.63, 3.8) is 0 Å². The third-order valence-corrected chi connectivity index (χ3v) is 5.20. The van der Waals surface area contributed by atoms with E-state index in [1.165, 1.54) is 24.4 Å². The van der Waals surface area contributed by atoms with Crippen molar-refractivity contribution in [3.8, 4) is 0 Å². The first kappa shape index (κ1) is 21.6. The number of nitrogens with one attached hydrogen (secondary N) is 1. The van der Waals surface area contributed by atoms with Gasteiger partial charge in [-0.05, 0) is 18.2 Å². The van der Waals surface area contributed by atoms with E-state index in [1.807, 2.05) is 0 Å². The van der Waals surface area contributed by atoms with E-state index in [2.05, 4.69) is 10.5 Å². The lowest BCUT2D eigenvalue weighted by Crippen LogP contribution is -2.39. The number of nitro benzene ring substituents is 1. The smallest absolute Gasteiger partial charge is 0.271 e. The van der Waals surface area contributed by atoms with E-state index in [-0.39, 0.29) is 11.4 Å². The fourth-order valence-electron chi connectivity index (χ4n) is 2.13. The van der Waals surface area contributed by atoms with Crippen LogP contribution >= 0.6 is 23.2 Å². The highest BCUT2D eigenvalue weighted by Gasteiger charge is 2.22. The van der Waals surface area contributed by atoms with E-state index < -0.39 is 27.4 Å². The summed E-state index contributed by atoms with van der Waals surface area (Å²) < 4.78 is 24.8. The molecule has 0 spiro atoms. The molecule has 0 bridgehead atoms. The number of hydrazone groups is 1. The number of benzene rings is 2. The molecule has 0 heterocycles. The van der Waals surface area contributed by atoms with Crippen LogP contribution < -0.4 is 9.73 Å². The lowest BCUT2D eigenvalue weighted by atomic mass is 10.2. The van der Waals surface area contributed by atoms with Gasteiger partial charge in [0, 0.05) is 17.7 Å². The fraction of sp³-hybridized carbons (Fsp3) is 0.125. The molecule has 0 aromatic heterocycles. The molecule has 0 fully saturated rings. The molecule has 0 aliphatic carbocycles. The molecule has 0 saturated carbocycles. The molecule has 0 radical (unpaired) electrons. The summed E-state index contributed by atoms with van der Waals surface area (Å²) in [6.07, 6.45) is 2.10. The van der Waals surface area contributed by atoms with Crippen molar-refractivity contribution in [2.75, 3.05) is 17.1 Å². The Morgan fingerprint density at radius 1 is 1.25 bits per heavy atom. The van der Waals surface area contributed by atoms with Gasteiger partial charge in [-0.3, -0.25) is 19.2 Å². The van der Waals surface area contributed by atoms with Crippen molar-refractivity contribution in [2.45, 2.75) is 0 Å². The average Bonchev–Trinajstić information content (AvgIpc) is 2.61. The number of nitrogens with zero attached hydrogens (tertiary/aromatic N) is 3. The van der Waals surface area contributed by atoms with Crippen molar-refractivity contribution in [2.24, 2.45) is 5.10 Å². The summed E-state index contributed by atoms with van der Waals surface area (Å²) in [5, 5.41) is 15.2. The van der Waals surface area contributed by atoms with Crippen LogP contribution in [0, 0.1) is 10.1 Å². The standard InChI is InChI=1S/C16H14Cl2N4O5S/c1-28(26,27)21(11-4-2-5-12(8-11)22(24)25)10-16(23)20-19-9-13-14(17)6-3-7-15(13)18/h2-9H,10H2,1H3,(H,20,23)/b19-9-. The van der Waals surface area contributed by atoms with Gasteiger partial charge in [-0.15, -0.1) is 0 Å². The number of amides is 1. The van der Waals surface area contributed by atoms with Gasteiger partial charge < -0.3 is 0 Å². The molecular weight excluding hydrogens is 431 g/mol. The number of non-ortho nitro benzene ring substituents is 1. The highest BCUT2D eigenvalue weighted by atomic mass is 35.5. The number of hydrogen-bond donors (Lipinski definition) is 1. The maximum Gasteiger partial charge on any atom is 0.271 e. The second-order valence-corrected chi connectivity index (χ2v) is 8.20. The van der Waals surface area contributed by atoms with Crippen molar-refractivity contribution in [1.29, 1.82) is 0 Å². The first-order valence-electron chi connectivity index (χ1n) is 7.57. The summed E-state index contributed by atoms with van der Waals surface area (Å²) in [7, 11) is -3.89. The van der Waals surface area contributed by atoms with Gasteiger partial charge in [-0.25, -0.2) is 13.8 Å². The molecule has 0 aliphatic heterocycles. The maximum absolute atomic E-state index is 12.1. The Kier molecular flexibility index (Phi) is 6.95. The number of nitro groups is 1. The summed E-state index contributed by atoms with van der Waals surface area (Å²) in [5.74, 6) is -0.767. The Morgan fingerprint density at radius 3 is 2.43 bits per heavy atom. The van der Waals surface area contributed by atoms with Crippen LogP contribution in [-0.4, -0.2) is 38.3 Å². The van der Waals surface area contributed by atoms with E-state index >= 15 is 0 Å². The number of rotatable bonds is 7. The molecular formula is C16H14Cl2N4O5S. The molecule has 0 aliphatic rings. The Labute approximate surface area is 170 Å². The molecule has 28 heavy (non-hydrogen) atoms. The molecule has 9 nitrogen and oxygen atoms in total. The molecule has 1 N–H and O–H groups in total. The predicted octanol–water partition coefficient (Wildman–Crippen LogP) is 2.82. The van der Waals surface area contributed by atoms with Gasteiger partial charge in [-0.2, -0.15) is 5.10 Å². The SMILES string of the molecule is CS(=O)(=O)N(CC(=O)N/N=C\c1c(Cl)cccc1Cl)c1cccc([N+](=O)[O-])c1. The lowest BCUT2D eigenvalue weighted by Gasteiger charge is -2.21. The predicted molar refractivity (Wildman–Crippen MR) is 107 cm³/mol. The van der Waals surface area contributed by atoms with Crippen LogP contribution in [-0.2, 0) is 14.8 Å². The van der Waals surface area contributed by atoms with Gasteiger partial charge in [-0.1, -0.05) is 35.3 Å². The quantitative estimate of drug-likeness (QED) is 0.399. The van der Waals surface area contributed by atoms with Gasteiger partial charge in [0.1, 0.15) is 6.54 Å². The van der Waals surface area contributed by atoms with Gasteiger partial charge in [0.15, 0.2) is 0 Å². The lowest BCUT2D eigenvalue weighted by molar-refractivity contribution is -0.384. The first-order valence-corrected chi connectivity index (χ1v) is 10.2. The summed E-state index contributed by atoms with van der Waals surface area (Å²) >= 11 is 12.0. The molecule has 0 unspecified atom stereocenters. The largest absolute Gasteiger partial charge is 0.271 e. The van der Waals surface area contributed by atoms with Crippen LogP contribution in [0.5, 0.6) is 0 Å². The second-order valence-electron chi connectivity index (χ2n) is 5.48. The molecule has 0 saturated heterocycles. The molecule has 2 aromatic rings. The minimum absolute atomic E-state index is 0.0232. The van der Waals surface area contributed by atoms with Gasteiger partial charge in [0.05, 0.1) is 33.1 Å². The van der Waals surface area contributed by atoms with Gasteiger partial charge in [0.2, 0.25) is 10.0 Å². The Hall–Kier alpha value is -2.69. The zero-order chi connectivity index (χ0) is 20.9. The average molecular weight is 445 g/mol. The van der Waals surface area contributed by atoms with E-state index in [4.69, 9.17) is 23.2 Å². The number of sulfonamides is 1. The van der Waals surface area contributed by atoms with Crippen LogP contribution in [0.2, 0.25) is 10.0 Å². The summed E-state index contributed by atoms with van der Waals surface area (Å²) in [6, 6.07) is 9.75. The monoisotopic (exact) mass is 444 g/mol. The molecule has 1 amide bonds. The normalized spacial score (nSPS) is 11.4. The highest BCUT2D eigenvalue weighted by molar-refractivity contribution is 7.92. The van der Waals surface area contributed by atoms with Crippen LogP contribution in [0.1, 0.15) is 5.56 Å². The van der Waals surface area contributed by atoms with E-state index in [9.17, 15) is 23.3 Å². The van der Waals surface area contributed by atoms with E-state index in [0.717, 1.165) is 16.6 Å². The zero-order valence-corrected chi connectivity index (χ0v) is 16.7. The number of hydrogen-bond acceptors (Lipinski definition) is 6. The van der Waals surface area contributed by atoms with Crippen molar-refractivity contribution >= 4 is 56.7 Å².